The van der Waals surface area contributed by atoms with Gasteiger partial charge in [-0.1, -0.05) is 29.3 Å². The van der Waals surface area contributed by atoms with Gasteiger partial charge in [0.05, 0.1) is 27.0 Å². The number of rotatable bonds is 8. The van der Waals surface area contributed by atoms with Crippen LogP contribution in [0, 0.1) is 10.1 Å². The highest BCUT2D eigenvalue weighted by atomic mass is 35.5. The molecule has 12 heteroatoms. The first kappa shape index (κ1) is 22.6. The van der Waals surface area contributed by atoms with Crippen molar-refractivity contribution >= 4 is 56.3 Å². The van der Waals surface area contributed by atoms with Gasteiger partial charge in [-0.05, 0) is 24.3 Å². The van der Waals surface area contributed by atoms with Crippen LogP contribution in [-0.2, 0) is 24.2 Å². The number of halogens is 2. The molecule has 1 amide bonds. The monoisotopic (exact) mass is 460 g/mol. The number of non-ortho nitro benzene ring substituents is 1. The minimum Gasteiger partial charge on any atom is -0.456 e. The van der Waals surface area contributed by atoms with Gasteiger partial charge in [0.15, 0.2) is 16.4 Å². The van der Waals surface area contributed by atoms with Gasteiger partial charge in [-0.3, -0.25) is 19.7 Å². The maximum atomic E-state index is 12.3. The van der Waals surface area contributed by atoms with E-state index in [0.29, 0.717) is 0 Å². The molecule has 1 N–H and O–H groups in total. The van der Waals surface area contributed by atoms with Crippen molar-refractivity contribution in [2.24, 2.45) is 0 Å². The molecule has 29 heavy (non-hydrogen) atoms. The van der Waals surface area contributed by atoms with E-state index in [0.717, 1.165) is 6.07 Å². The normalized spacial score (nSPS) is 11.0. The summed E-state index contributed by atoms with van der Waals surface area (Å²) in [5, 5.41) is 13.2. The second kappa shape index (κ2) is 9.68. The van der Waals surface area contributed by atoms with E-state index in [-0.39, 0.29) is 26.3 Å². The smallest absolute Gasteiger partial charge is 0.307 e. The molecule has 0 atom stereocenters. The SMILES string of the molecule is O=C(COC(=O)CCS(=O)(=O)c1cc(Cl)ccc1Cl)Nc1cccc([N+](=O)[O-])c1. The Bertz CT molecular complexity index is 1060. The van der Waals surface area contributed by atoms with Crippen molar-refractivity contribution in [3.63, 3.8) is 0 Å². The summed E-state index contributed by atoms with van der Waals surface area (Å²) in [5.41, 5.74) is -0.0666. The van der Waals surface area contributed by atoms with Gasteiger partial charge in [0.2, 0.25) is 0 Å². The molecule has 0 saturated heterocycles. The Hall–Kier alpha value is -2.69. The van der Waals surface area contributed by atoms with Crippen molar-refractivity contribution in [3.8, 4) is 0 Å². The van der Waals surface area contributed by atoms with Crippen molar-refractivity contribution in [1.82, 2.24) is 0 Å². The van der Waals surface area contributed by atoms with Crippen LogP contribution in [0.15, 0.2) is 47.4 Å². The predicted octanol–water partition coefficient (Wildman–Crippen LogP) is 3.25. The fourth-order valence-electron chi connectivity index (χ4n) is 2.16. The lowest BCUT2D eigenvalue weighted by molar-refractivity contribution is -0.384. The lowest BCUT2D eigenvalue weighted by Gasteiger charge is -2.08. The number of anilines is 1. The van der Waals surface area contributed by atoms with E-state index < -0.39 is 45.4 Å². The van der Waals surface area contributed by atoms with Crippen molar-refractivity contribution in [2.45, 2.75) is 11.3 Å². The molecule has 0 radical (unpaired) electrons. The number of nitro groups is 1. The van der Waals surface area contributed by atoms with E-state index in [2.05, 4.69) is 5.32 Å². The second-order valence-electron chi connectivity index (χ2n) is 5.66. The Labute approximate surface area is 175 Å². The van der Waals surface area contributed by atoms with Gasteiger partial charge in [0, 0.05) is 22.8 Å². The lowest BCUT2D eigenvalue weighted by Crippen LogP contribution is -2.22. The number of hydrogen-bond acceptors (Lipinski definition) is 7. The van der Waals surface area contributed by atoms with E-state index in [1.807, 2.05) is 0 Å². The van der Waals surface area contributed by atoms with Crippen LogP contribution in [0.2, 0.25) is 10.0 Å². The average molecular weight is 461 g/mol. The fourth-order valence-corrected chi connectivity index (χ4v) is 4.19. The quantitative estimate of drug-likeness (QED) is 0.363. The van der Waals surface area contributed by atoms with Crippen LogP contribution in [0.25, 0.3) is 0 Å². The molecule has 0 fully saturated rings. The Morgan fingerprint density at radius 2 is 1.86 bits per heavy atom. The Morgan fingerprint density at radius 3 is 2.55 bits per heavy atom. The van der Waals surface area contributed by atoms with Gasteiger partial charge in [0.25, 0.3) is 11.6 Å². The fraction of sp³-hybridized carbons (Fsp3) is 0.176. The van der Waals surface area contributed by atoms with Crippen LogP contribution in [0.5, 0.6) is 0 Å². The minimum absolute atomic E-state index is 0.0286. The van der Waals surface area contributed by atoms with Crippen LogP contribution in [0.1, 0.15) is 6.42 Å². The molecule has 0 bridgehead atoms. The number of carbonyl (C=O) groups excluding carboxylic acids is 2. The number of sulfone groups is 1. The molecule has 0 spiro atoms. The second-order valence-corrected chi connectivity index (χ2v) is 8.58. The van der Waals surface area contributed by atoms with Crippen LogP contribution >= 0.6 is 23.2 Å². The molecule has 9 nitrogen and oxygen atoms in total. The first-order valence-corrected chi connectivity index (χ1v) is 10.4. The maximum Gasteiger partial charge on any atom is 0.307 e. The number of amides is 1. The summed E-state index contributed by atoms with van der Waals surface area (Å²) >= 11 is 11.6. The molecule has 0 unspecified atom stereocenters. The summed E-state index contributed by atoms with van der Waals surface area (Å²) in [6.45, 7) is -0.681. The van der Waals surface area contributed by atoms with Crippen LogP contribution in [-0.4, -0.2) is 37.6 Å². The van der Waals surface area contributed by atoms with Gasteiger partial charge in [0.1, 0.15) is 0 Å². The molecule has 0 aliphatic heterocycles. The summed E-state index contributed by atoms with van der Waals surface area (Å²) in [6, 6.07) is 9.13. The number of hydrogen-bond donors (Lipinski definition) is 1. The minimum atomic E-state index is -3.89. The van der Waals surface area contributed by atoms with Crippen LogP contribution in [0.3, 0.4) is 0 Å². The summed E-state index contributed by atoms with van der Waals surface area (Å²) in [5.74, 6) is -2.24. The zero-order chi connectivity index (χ0) is 21.6. The topological polar surface area (TPSA) is 133 Å². The number of nitrogens with zero attached hydrogens (tertiary/aromatic N) is 1. The zero-order valence-corrected chi connectivity index (χ0v) is 17.0. The molecule has 2 rings (SSSR count). The number of benzene rings is 2. The Balaban J connectivity index is 1.86. The summed E-state index contributed by atoms with van der Waals surface area (Å²) in [6.07, 6.45) is -0.505. The largest absolute Gasteiger partial charge is 0.456 e. The molecule has 0 aliphatic carbocycles. The summed E-state index contributed by atoms with van der Waals surface area (Å²) in [7, 11) is -3.89. The summed E-state index contributed by atoms with van der Waals surface area (Å²) < 4.78 is 29.3. The molecular weight excluding hydrogens is 447 g/mol. The molecule has 0 aromatic heterocycles. The van der Waals surface area contributed by atoms with E-state index >= 15 is 0 Å². The van der Waals surface area contributed by atoms with Gasteiger partial charge in [-0.2, -0.15) is 0 Å². The van der Waals surface area contributed by atoms with Crippen LogP contribution in [0.4, 0.5) is 11.4 Å². The van der Waals surface area contributed by atoms with Crippen molar-refractivity contribution in [1.29, 1.82) is 0 Å². The van der Waals surface area contributed by atoms with Crippen molar-refractivity contribution in [3.05, 3.63) is 62.6 Å². The van der Waals surface area contributed by atoms with Gasteiger partial charge < -0.3 is 10.1 Å². The third-order valence-corrected chi connectivity index (χ3v) is 5.93. The number of ether oxygens (including phenoxy) is 1. The van der Waals surface area contributed by atoms with Gasteiger partial charge in [-0.25, -0.2) is 8.42 Å². The highest BCUT2D eigenvalue weighted by Crippen LogP contribution is 2.26. The first-order chi connectivity index (χ1) is 13.6. The van der Waals surface area contributed by atoms with Gasteiger partial charge in [-0.15, -0.1) is 0 Å². The predicted molar refractivity (Wildman–Crippen MR) is 106 cm³/mol. The number of nitro benzene ring substituents is 1. The highest BCUT2D eigenvalue weighted by Gasteiger charge is 2.21. The van der Waals surface area contributed by atoms with E-state index in [1.54, 1.807) is 0 Å². The molecule has 2 aromatic carbocycles. The maximum absolute atomic E-state index is 12.3. The molecule has 0 saturated carbocycles. The zero-order valence-electron chi connectivity index (χ0n) is 14.6. The number of carbonyl (C=O) groups is 2. The van der Waals surface area contributed by atoms with Crippen molar-refractivity contribution < 1.29 is 27.7 Å². The van der Waals surface area contributed by atoms with Crippen LogP contribution < -0.4 is 5.32 Å². The first-order valence-electron chi connectivity index (χ1n) is 7.96. The molecule has 2 aromatic rings. The van der Waals surface area contributed by atoms with E-state index in [4.69, 9.17) is 27.9 Å². The van der Waals surface area contributed by atoms with Crippen molar-refractivity contribution in [2.75, 3.05) is 17.7 Å². The molecule has 0 aliphatic rings. The van der Waals surface area contributed by atoms with Gasteiger partial charge >= 0.3 is 5.97 Å². The summed E-state index contributed by atoms with van der Waals surface area (Å²) in [4.78, 5) is 33.4. The standard InChI is InChI=1S/C17H14Cl2N2O7S/c18-11-4-5-14(19)15(8-11)29(26,27)7-6-17(23)28-10-16(22)20-12-2-1-3-13(9-12)21(24)25/h1-5,8-9H,6-7,10H2,(H,20,22). The Kier molecular flexibility index (Phi) is 7.54. The highest BCUT2D eigenvalue weighted by molar-refractivity contribution is 7.91. The number of esters is 1. The lowest BCUT2D eigenvalue weighted by atomic mass is 10.3. The van der Waals surface area contributed by atoms with E-state index in [9.17, 15) is 28.1 Å². The van der Waals surface area contributed by atoms with E-state index in [1.165, 1.54) is 36.4 Å². The third-order valence-electron chi connectivity index (χ3n) is 3.51. The Morgan fingerprint density at radius 1 is 1.14 bits per heavy atom. The molecular formula is C17H14Cl2N2O7S. The average Bonchev–Trinajstić information content (AvgIpc) is 2.66. The number of nitrogens with one attached hydrogen (secondary N) is 1. The molecule has 154 valence electrons. The molecule has 0 heterocycles. The third kappa shape index (κ3) is 6.70.